The zero-order chi connectivity index (χ0) is 18.1. The van der Waals surface area contributed by atoms with Crippen molar-refractivity contribution in [2.75, 3.05) is 26.3 Å². The number of H-pyrrole nitrogens is 1. The van der Waals surface area contributed by atoms with E-state index >= 15 is 0 Å². The number of aromatic amines is 1. The zero-order valence-corrected chi connectivity index (χ0v) is 15.7. The minimum absolute atomic E-state index is 0.00515. The predicted molar refractivity (Wildman–Crippen MR) is 98.3 cm³/mol. The van der Waals surface area contributed by atoms with Crippen molar-refractivity contribution in [2.24, 2.45) is 0 Å². The van der Waals surface area contributed by atoms with E-state index in [4.69, 9.17) is 33.3 Å². The molecule has 1 N–H and O–H groups in total. The van der Waals surface area contributed by atoms with Gasteiger partial charge in [-0.3, -0.25) is 14.5 Å². The summed E-state index contributed by atoms with van der Waals surface area (Å²) in [4.78, 5) is 14.6. The SMILES string of the molecule is O=C(Cn1c(-c2ccc(Cl)cc2)n[nH]c1=S)N1CCC2(CC1)OCCO2. The van der Waals surface area contributed by atoms with Crippen molar-refractivity contribution in [1.82, 2.24) is 19.7 Å². The maximum atomic E-state index is 12.8. The van der Waals surface area contributed by atoms with Crippen LogP contribution in [-0.2, 0) is 20.8 Å². The average Bonchev–Trinajstić information content (AvgIpc) is 3.24. The minimum Gasteiger partial charge on any atom is -0.347 e. The van der Waals surface area contributed by atoms with Gasteiger partial charge in [0.1, 0.15) is 6.54 Å². The van der Waals surface area contributed by atoms with Gasteiger partial charge in [0.25, 0.3) is 0 Å². The van der Waals surface area contributed by atoms with Gasteiger partial charge in [-0.2, -0.15) is 5.10 Å². The largest absolute Gasteiger partial charge is 0.347 e. The summed E-state index contributed by atoms with van der Waals surface area (Å²) in [6.07, 6.45) is 1.39. The number of piperidine rings is 1. The number of halogens is 1. The lowest BCUT2D eigenvalue weighted by atomic mass is 10.0. The van der Waals surface area contributed by atoms with E-state index in [2.05, 4.69) is 10.2 Å². The molecule has 3 heterocycles. The van der Waals surface area contributed by atoms with E-state index in [1.807, 2.05) is 17.0 Å². The van der Waals surface area contributed by atoms with Gasteiger partial charge in [-0.05, 0) is 36.5 Å². The fraction of sp³-hybridized carbons (Fsp3) is 0.471. The zero-order valence-electron chi connectivity index (χ0n) is 14.1. The smallest absolute Gasteiger partial charge is 0.242 e. The van der Waals surface area contributed by atoms with Gasteiger partial charge < -0.3 is 14.4 Å². The van der Waals surface area contributed by atoms with Gasteiger partial charge in [-0.25, -0.2) is 0 Å². The van der Waals surface area contributed by atoms with Crippen LogP contribution < -0.4 is 0 Å². The van der Waals surface area contributed by atoms with Crippen molar-refractivity contribution >= 4 is 29.7 Å². The molecule has 1 amide bonds. The first-order chi connectivity index (χ1) is 12.6. The molecule has 1 spiro atoms. The first-order valence-electron chi connectivity index (χ1n) is 8.53. The molecule has 0 atom stereocenters. The van der Waals surface area contributed by atoms with Crippen LogP contribution in [0.15, 0.2) is 24.3 Å². The second-order valence-electron chi connectivity index (χ2n) is 6.43. The van der Waals surface area contributed by atoms with Crippen LogP contribution in [-0.4, -0.2) is 57.7 Å². The molecule has 2 fully saturated rings. The number of benzene rings is 1. The van der Waals surface area contributed by atoms with Crippen molar-refractivity contribution in [2.45, 2.75) is 25.2 Å². The van der Waals surface area contributed by atoms with E-state index in [1.165, 1.54) is 0 Å². The molecule has 26 heavy (non-hydrogen) atoms. The van der Waals surface area contributed by atoms with Crippen LogP contribution in [0.2, 0.25) is 5.02 Å². The Balaban J connectivity index is 1.47. The summed E-state index contributed by atoms with van der Waals surface area (Å²) in [5.41, 5.74) is 0.847. The lowest BCUT2D eigenvalue weighted by Gasteiger charge is -2.37. The van der Waals surface area contributed by atoms with Crippen molar-refractivity contribution < 1.29 is 14.3 Å². The molecule has 1 aromatic heterocycles. The summed E-state index contributed by atoms with van der Waals surface area (Å²) < 4.78 is 13.6. The Morgan fingerprint density at radius 1 is 1.23 bits per heavy atom. The number of rotatable bonds is 3. The number of nitrogens with zero attached hydrogens (tertiary/aromatic N) is 3. The molecule has 2 saturated heterocycles. The number of carbonyl (C=O) groups excluding carboxylic acids is 1. The number of hydrogen-bond acceptors (Lipinski definition) is 5. The van der Waals surface area contributed by atoms with Crippen LogP contribution in [0.1, 0.15) is 12.8 Å². The Kier molecular flexibility index (Phi) is 4.83. The lowest BCUT2D eigenvalue weighted by molar-refractivity contribution is -0.187. The van der Waals surface area contributed by atoms with Crippen LogP contribution in [0, 0.1) is 4.77 Å². The number of aromatic nitrogens is 3. The van der Waals surface area contributed by atoms with E-state index in [0.29, 0.717) is 54.8 Å². The molecule has 0 bridgehead atoms. The molecule has 2 aliphatic heterocycles. The fourth-order valence-corrected chi connectivity index (χ4v) is 3.72. The second-order valence-corrected chi connectivity index (χ2v) is 7.26. The van der Waals surface area contributed by atoms with Crippen molar-refractivity contribution in [3.63, 3.8) is 0 Å². The normalized spacial score (nSPS) is 19.2. The molecule has 0 aliphatic carbocycles. The highest BCUT2D eigenvalue weighted by Crippen LogP contribution is 2.31. The first kappa shape index (κ1) is 17.7. The van der Waals surface area contributed by atoms with Crippen molar-refractivity contribution in [3.8, 4) is 11.4 Å². The highest BCUT2D eigenvalue weighted by Gasteiger charge is 2.40. The molecule has 0 saturated carbocycles. The number of nitrogens with one attached hydrogen (secondary N) is 1. The van der Waals surface area contributed by atoms with E-state index < -0.39 is 5.79 Å². The Morgan fingerprint density at radius 2 is 1.88 bits per heavy atom. The van der Waals surface area contributed by atoms with Crippen LogP contribution >= 0.6 is 23.8 Å². The third-order valence-electron chi connectivity index (χ3n) is 4.85. The van der Waals surface area contributed by atoms with Crippen LogP contribution in [0.25, 0.3) is 11.4 Å². The Bertz CT molecular complexity index is 848. The molecular weight excluding hydrogens is 376 g/mol. The van der Waals surface area contributed by atoms with Gasteiger partial charge in [0.2, 0.25) is 5.91 Å². The molecule has 2 aliphatic rings. The second kappa shape index (κ2) is 7.11. The standard InChI is InChI=1S/C17H19ClN4O3S/c18-13-3-1-12(2-4-13)15-19-20-16(26)22(15)11-14(23)21-7-5-17(6-8-21)24-9-10-25-17/h1-4H,5-11H2,(H,20,26). The van der Waals surface area contributed by atoms with Crippen LogP contribution in [0.4, 0.5) is 0 Å². The summed E-state index contributed by atoms with van der Waals surface area (Å²) in [5, 5.41) is 7.68. The minimum atomic E-state index is -0.489. The molecule has 7 nitrogen and oxygen atoms in total. The Morgan fingerprint density at radius 3 is 2.54 bits per heavy atom. The molecule has 0 unspecified atom stereocenters. The van der Waals surface area contributed by atoms with Crippen LogP contribution in [0.5, 0.6) is 0 Å². The van der Waals surface area contributed by atoms with Crippen molar-refractivity contribution in [3.05, 3.63) is 34.1 Å². The number of amides is 1. The molecule has 4 rings (SSSR count). The third kappa shape index (κ3) is 3.42. The quantitative estimate of drug-likeness (QED) is 0.810. The lowest BCUT2D eigenvalue weighted by Crippen LogP contribution is -2.48. The molecule has 9 heteroatoms. The summed E-state index contributed by atoms with van der Waals surface area (Å²) in [5.74, 6) is 0.138. The summed E-state index contributed by atoms with van der Waals surface area (Å²) in [6.45, 7) is 2.62. The van der Waals surface area contributed by atoms with Gasteiger partial charge >= 0.3 is 0 Å². The highest BCUT2D eigenvalue weighted by atomic mass is 35.5. The van der Waals surface area contributed by atoms with Gasteiger partial charge in [0.05, 0.1) is 13.2 Å². The predicted octanol–water partition coefficient (Wildman–Crippen LogP) is 2.63. The number of ether oxygens (including phenoxy) is 2. The van der Waals surface area contributed by atoms with E-state index in [9.17, 15) is 4.79 Å². The van der Waals surface area contributed by atoms with Crippen molar-refractivity contribution in [1.29, 1.82) is 0 Å². The van der Waals surface area contributed by atoms with Gasteiger partial charge in [-0.1, -0.05) is 11.6 Å². The molecule has 1 aromatic carbocycles. The maximum absolute atomic E-state index is 12.8. The van der Waals surface area contributed by atoms with Gasteiger partial charge in [-0.15, -0.1) is 0 Å². The number of hydrogen-bond donors (Lipinski definition) is 1. The maximum Gasteiger partial charge on any atom is 0.242 e. The Hall–Kier alpha value is -1.74. The fourth-order valence-electron chi connectivity index (χ4n) is 3.40. The van der Waals surface area contributed by atoms with E-state index in [0.717, 1.165) is 5.56 Å². The van der Waals surface area contributed by atoms with E-state index in [-0.39, 0.29) is 12.5 Å². The highest BCUT2D eigenvalue weighted by molar-refractivity contribution is 7.71. The monoisotopic (exact) mass is 394 g/mol. The summed E-state index contributed by atoms with van der Waals surface area (Å²) in [6, 6.07) is 7.28. The number of carbonyl (C=O) groups is 1. The molecule has 0 radical (unpaired) electrons. The van der Waals surface area contributed by atoms with E-state index in [1.54, 1.807) is 16.7 Å². The number of likely N-dealkylation sites (tertiary alicyclic amines) is 1. The van der Waals surface area contributed by atoms with Crippen LogP contribution in [0.3, 0.4) is 0 Å². The molecule has 2 aromatic rings. The van der Waals surface area contributed by atoms with Gasteiger partial charge in [0.15, 0.2) is 16.4 Å². The first-order valence-corrected chi connectivity index (χ1v) is 9.32. The molecular formula is C17H19ClN4O3S. The third-order valence-corrected chi connectivity index (χ3v) is 5.41. The summed E-state index contributed by atoms with van der Waals surface area (Å²) in [7, 11) is 0. The average molecular weight is 395 g/mol. The Labute approximate surface area is 160 Å². The van der Waals surface area contributed by atoms with Gasteiger partial charge in [0, 0.05) is 36.5 Å². The molecule has 138 valence electrons. The summed E-state index contributed by atoms with van der Waals surface area (Å²) >= 11 is 11.3. The topological polar surface area (TPSA) is 72.4 Å².